The number of nitrogens with zero attached hydrogens (tertiary/aromatic N) is 1. The van der Waals surface area contributed by atoms with Crippen LogP contribution in [0.25, 0.3) is 0 Å². The van der Waals surface area contributed by atoms with Gasteiger partial charge in [0.15, 0.2) is 0 Å². The third-order valence-corrected chi connectivity index (χ3v) is 3.43. The van der Waals surface area contributed by atoms with Crippen LogP contribution in [0.15, 0.2) is 42.5 Å². The first kappa shape index (κ1) is 17.2. The van der Waals surface area contributed by atoms with Gasteiger partial charge in [0.2, 0.25) is 5.91 Å². The van der Waals surface area contributed by atoms with Gasteiger partial charge in [-0.3, -0.25) is 4.79 Å². The third kappa shape index (κ3) is 4.17. The molecule has 0 aliphatic carbocycles. The van der Waals surface area contributed by atoms with Crippen molar-refractivity contribution in [3.8, 4) is 17.6 Å². The lowest BCUT2D eigenvalue weighted by Gasteiger charge is -2.18. The molecule has 24 heavy (non-hydrogen) atoms. The molecule has 0 radical (unpaired) electrons. The van der Waals surface area contributed by atoms with Crippen molar-refractivity contribution in [2.75, 3.05) is 24.9 Å². The maximum Gasteiger partial charge on any atom is 0.246 e. The van der Waals surface area contributed by atoms with Gasteiger partial charge >= 0.3 is 0 Å². The highest BCUT2D eigenvalue weighted by Gasteiger charge is 2.15. The predicted molar refractivity (Wildman–Crippen MR) is 92.4 cm³/mol. The van der Waals surface area contributed by atoms with Crippen LogP contribution in [0.5, 0.6) is 11.5 Å². The fourth-order valence-electron chi connectivity index (χ4n) is 2.14. The molecule has 0 aromatic heterocycles. The van der Waals surface area contributed by atoms with Crippen molar-refractivity contribution in [1.82, 2.24) is 0 Å². The van der Waals surface area contributed by atoms with Gasteiger partial charge in [0.1, 0.15) is 17.5 Å². The Morgan fingerprint density at radius 2 is 1.96 bits per heavy atom. The van der Waals surface area contributed by atoms with Crippen LogP contribution < -0.4 is 20.1 Å². The Kier molecular flexibility index (Phi) is 5.63. The van der Waals surface area contributed by atoms with E-state index in [0.717, 1.165) is 0 Å². The van der Waals surface area contributed by atoms with E-state index in [0.29, 0.717) is 28.4 Å². The van der Waals surface area contributed by atoms with Gasteiger partial charge in [-0.05, 0) is 37.3 Å². The molecule has 0 heterocycles. The summed E-state index contributed by atoms with van der Waals surface area (Å²) in [6, 6.07) is 13.6. The number of benzene rings is 2. The molecule has 1 amide bonds. The van der Waals surface area contributed by atoms with Crippen molar-refractivity contribution >= 4 is 17.3 Å². The lowest BCUT2D eigenvalue weighted by atomic mass is 10.2. The predicted octanol–water partition coefficient (Wildman–Crippen LogP) is 3.01. The summed E-state index contributed by atoms with van der Waals surface area (Å²) in [5.74, 6) is 1.05. The van der Waals surface area contributed by atoms with E-state index in [2.05, 4.69) is 10.6 Å². The molecule has 2 N–H and O–H groups in total. The molecule has 0 spiro atoms. The molecule has 1 atom stereocenters. The Morgan fingerprint density at radius 3 is 2.62 bits per heavy atom. The topological polar surface area (TPSA) is 83.4 Å². The summed E-state index contributed by atoms with van der Waals surface area (Å²) in [5, 5.41) is 14.8. The minimum absolute atomic E-state index is 0.227. The van der Waals surface area contributed by atoms with Gasteiger partial charge in [0.05, 0.1) is 31.5 Å². The summed E-state index contributed by atoms with van der Waals surface area (Å²) in [4.78, 5) is 12.3. The standard InChI is InChI=1S/C18H19N3O3/c1-12(18(22)21-14-6-4-5-13(9-14)11-19)20-16-10-15(23-2)7-8-17(16)24-3/h4-10,12,20H,1-3H3,(H,21,22)/t12-/m0/s1. The number of hydrogen-bond donors (Lipinski definition) is 2. The monoisotopic (exact) mass is 325 g/mol. The highest BCUT2D eigenvalue weighted by Crippen LogP contribution is 2.29. The summed E-state index contributed by atoms with van der Waals surface area (Å²) in [7, 11) is 3.13. The number of nitriles is 1. The minimum atomic E-state index is -0.517. The molecule has 124 valence electrons. The maximum atomic E-state index is 12.3. The second kappa shape index (κ2) is 7.88. The number of carbonyl (C=O) groups is 1. The second-order valence-electron chi connectivity index (χ2n) is 5.11. The van der Waals surface area contributed by atoms with E-state index in [-0.39, 0.29) is 5.91 Å². The van der Waals surface area contributed by atoms with Crippen LogP contribution in [0.2, 0.25) is 0 Å². The van der Waals surface area contributed by atoms with Gasteiger partial charge in [-0.15, -0.1) is 0 Å². The number of rotatable bonds is 6. The van der Waals surface area contributed by atoms with Crippen molar-refractivity contribution in [1.29, 1.82) is 5.26 Å². The van der Waals surface area contributed by atoms with Gasteiger partial charge in [-0.25, -0.2) is 0 Å². The van der Waals surface area contributed by atoms with Crippen molar-refractivity contribution < 1.29 is 14.3 Å². The quantitative estimate of drug-likeness (QED) is 0.853. The molecule has 2 aromatic rings. The van der Waals surface area contributed by atoms with E-state index in [4.69, 9.17) is 14.7 Å². The average Bonchev–Trinajstić information content (AvgIpc) is 2.61. The van der Waals surface area contributed by atoms with E-state index in [1.165, 1.54) is 0 Å². The number of methoxy groups -OCH3 is 2. The highest BCUT2D eigenvalue weighted by atomic mass is 16.5. The first-order valence-electron chi connectivity index (χ1n) is 7.37. The average molecular weight is 325 g/mol. The van der Waals surface area contributed by atoms with Crippen LogP contribution in [0, 0.1) is 11.3 Å². The molecule has 0 aliphatic heterocycles. The number of amides is 1. The fraction of sp³-hybridized carbons (Fsp3) is 0.222. The van der Waals surface area contributed by atoms with E-state index in [1.807, 2.05) is 6.07 Å². The Bertz CT molecular complexity index is 768. The molecule has 0 aliphatic rings. The van der Waals surface area contributed by atoms with Gasteiger partial charge in [-0.2, -0.15) is 5.26 Å². The first-order valence-corrected chi connectivity index (χ1v) is 7.37. The highest BCUT2D eigenvalue weighted by molar-refractivity contribution is 5.96. The Hall–Kier alpha value is -3.20. The zero-order chi connectivity index (χ0) is 17.5. The van der Waals surface area contributed by atoms with Gasteiger partial charge < -0.3 is 20.1 Å². The molecule has 0 saturated heterocycles. The summed E-state index contributed by atoms with van der Waals surface area (Å²) in [5.41, 5.74) is 1.72. The number of hydrogen-bond acceptors (Lipinski definition) is 5. The van der Waals surface area contributed by atoms with E-state index >= 15 is 0 Å². The van der Waals surface area contributed by atoms with Crippen LogP contribution in [0.4, 0.5) is 11.4 Å². The molecule has 0 bridgehead atoms. The number of ether oxygens (including phenoxy) is 2. The molecule has 6 nitrogen and oxygen atoms in total. The minimum Gasteiger partial charge on any atom is -0.497 e. The lowest BCUT2D eigenvalue weighted by molar-refractivity contribution is -0.116. The van der Waals surface area contributed by atoms with Crippen LogP contribution in [0.1, 0.15) is 12.5 Å². The smallest absolute Gasteiger partial charge is 0.246 e. The zero-order valence-electron chi connectivity index (χ0n) is 13.8. The fourth-order valence-corrected chi connectivity index (χ4v) is 2.14. The largest absolute Gasteiger partial charge is 0.497 e. The molecule has 2 aromatic carbocycles. The number of carbonyl (C=O) groups excluding carboxylic acids is 1. The van der Waals surface area contributed by atoms with Crippen LogP contribution in [-0.2, 0) is 4.79 Å². The summed E-state index contributed by atoms with van der Waals surface area (Å²) in [6.07, 6.45) is 0. The summed E-state index contributed by atoms with van der Waals surface area (Å²) >= 11 is 0. The maximum absolute atomic E-state index is 12.3. The molecule has 0 unspecified atom stereocenters. The van der Waals surface area contributed by atoms with Crippen molar-refractivity contribution in [2.24, 2.45) is 0 Å². The third-order valence-electron chi connectivity index (χ3n) is 3.43. The normalized spacial score (nSPS) is 11.1. The van der Waals surface area contributed by atoms with Crippen LogP contribution in [0.3, 0.4) is 0 Å². The Balaban J connectivity index is 2.10. The second-order valence-corrected chi connectivity index (χ2v) is 5.11. The molecule has 6 heteroatoms. The molecular formula is C18H19N3O3. The SMILES string of the molecule is COc1ccc(OC)c(N[C@@H](C)C(=O)Nc2cccc(C#N)c2)c1. The first-order chi connectivity index (χ1) is 11.6. The van der Waals surface area contributed by atoms with Crippen molar-refractivity contribution in [3.63, 3.8) is 0 Å². The Labute approximate surface area is 141 Å². The number of nitrogens with one attached hydrogen (secondary N) is 2. The van der Waals surface area contributed by atoms with E-state index < -0.39 is 6.04 Å². The molecular weight excluding hydrogens is 306 g/mol. The van der Waals surface area contributed by atoms with Gasteiger partial charge in [0, 0.05) is 11.8 Å². The van der Waals surface area contributed by atoms with E-state index in [9.17, 15) is 4.79 Å². The Morgan fingerprint density at radius 1 is 1.17 bits per heavy atom. The molecule has 2 rings (SSSR count). The summed E-state index contributed by atoms with van der Waals surface area (Å²) < 4.78 is 10.5. The van der Waals surface area contributed by atoms with Gasteiger partial charge in [-0.1, -0.05) is 6.07 Å². The van der Waals surface area contributed by atoms with Gasteiger partial charge in [0.25, 0.3) is 0 Å². The lowest BCUT2D eigenvalue weighted by Crippen LogP contribution is -2.32. The van der Waals surface area contributed by atoms with Crippen molar-refractivity contribution in [2.45, 2.75) is 13.0 Å². The zero-order valence-corrected chi connectivity index (χ0v) is 13.8. The van der Waals surface area contributed by atoms with Crippen LogP contribution in [-0.4, -0.2) is 26.2 Å². The molecule has 0 saturated carbocycles. The van der Waals surface area contributed by atoms with Crippen LogP contribution >= 0.6 is 0 Å². The van der Waals surface area contributed by atoms with E-state index in [1.54, 1.807) is 63.6 Å². The van der Waals surface area contributed by atoms with Crippen molar-refractivity contribution in [3.05, 3.63) is 48.0 Å². The summed E-state index contributed by atoms with van der Waals surface area (Å²) in [6.45, 7) is 1.74. The molecule has 0 fully saturated rings. The number of anilines is 2.